The number of primary amides is 1. The number of ether oxygens (including phenoxy) is 1. The van der Waals surface area contributed by atoms with E-state index in [1.165, 1.54) is 11.3 Å². The number of hydrogen-bond acceptors (Lipinski definition) is 4. The van der Waals surface area contributed by atoms with Gasteiger partial charge in [-0.25, -0.2) is 4.98 Å². The molecule has 4 aromatic rings. The summed E-state index contributed by atoms with van der Waals surface area (Å²) < 4.78 is 8.19. The SMILES string of the molecule is CC(Oc1cc(-c2cnc3ccccn23)sc1CC(N)=O)c1ccccc1Cl. The highest BCUT2D eigenvalue weighted by Gasteiger charge is 2.19. The van der Waals surface area contributed by atoms with E-state index in [2.05, 4.69) is 4.98 Å². The molecule has 0 saturated carbocycles. The van der Waals surface area contributed by atoms with Crippen molar-refractivity contribution in [1.82, 2.24) is 9.38 Å². The van der Waals surface area contributed by atoms with Crippen LogP contribution in [0, 0.1) is 0 Å². The molecule has 1 unspecified atom stereocenters. The van der Waals surface area contributed by atoms with Crippen molar-refractivity contribution in [3.63, 3.8) is 0 Å². The van der Waals surface area contributed by atoms with Gasteiger partial charge in [-0.15, -0.1) is 11.3 Å². The van der Waals surface area contributed by atoms with Crippen LogP contribution in [0.25, 0.3) is 16.2 Å². The lowest BCUT2D eigenvalue weighted by Crippen LogP contribution is -2.13. The van der Waals surface area contributed by atoms with Gasteiger partial charge in [-0.2, -0.15) is 0 Å². The first-order valence-corrected chi connectivity index (χ1v) is 9.97. The van der Waals surface area contributed by atoms with E-state index in [4.69, 9.17) is 22.1 Å². The molecule has 0 aliphatic rings. The minimum Gasteiger partial charge on any atom is -0.485 e. The third-order valence-electron chi connectivity index (χ3n) is 4.42. The van der Waals surface area contributed by atoms with E-state index in [-0.39, 0.29) is 12.5 Å². The van der Waals surface area contributed by atoms with E-state index in [9.17, 15) is 4.79 Å². The number of thiophene rings is 1. The summed E-state index contributed by atoms with van der Waals surface area (Å²) in [5, 5.41) is 0.642. The van der Waals surface area contributed by atoms with Gasteiger partial charge in [0.15, 0.2) is 0 Å². The summed E-state index contributed by atoms with van der Waals surface area (Å²) in [5.41, 5.74) is 8.13. The third-order valence-corrected chi connectivity index (χ3v) is 5.90. The zero-order valence-corrected chi connectivity index (χ0v) is 16.7. The van der Waals surface area contributed by atoms with Gasteiger partial charge in [0.1, 0.15) is 17.5 Å². The Morgan fingerprint density at radius 3 is 2.86 bits per heavy atom. The van der Waals surface area contributed by atoms with E-state index < -0.39 is 5.91 Å². The zero-order valence-electron chi connectivity index (χ0n) is 15.1. The topological polar surface area (TPSA) is 69.6 Å². The number of halogens is 1. The minimum absolute atomic E-state index is 0.117. The lowest BCUT2D eigenvalue weighted by atomic mass is 10.1. The number of rotatable bonds is 6. The Hall–Kier alpha value is -2.83. The molecule has 4 rings (SSSR count). The molecule has 0 radical (unpaired) electrons. The van der Waals surface area contributed by atoms with E-state index >= 15 is 0 Å². The van der Waals surface area contributed by atoms with Crippen molar-refractivity contribution >= 4 is 34.5 Å². The fourth-order valence-electron chi connectivity index (χ4n) is 3.09. The number of aromatic nitrogens is 2. The van der Waals surface area contributed by atoms with Gasteiger partial charge in [0.05, 0.1) is 28.1 Å². The first-order chi connectivity index (χ1) is 13.5. The highest BCUT2D eigenvalue weighted by molar-refractivity contribution is 7.15. The van der Waals surface area contributed by atoms with Crippen molar-refractivity contribution in [2.75, 3.05) is 0 Å². The zero-order chi connectivity index (χ0) is 19.7. The second-order valence-electron chi connectivity index (χ2n) is 6.40. The maximum atomic E-state index is 11.6. The number of amides is 1. The van der Waals surface area contributed by atoms with Crippen LogP contribution in [0.3, 0.4) is 0 Å². The first-order valence-electron chi connectivity index (χ1n) is 8.77. The lowest BCUT2D eigenvalue weighted by Gasteiger charge is -2.16. The average Bonchev–Trinajstić information content (AvgIpc) is 3.25. The van der Waals surface area contributed by atoms with Gasteiger partial charge < -0.3 is 10.5 Å². The van der Waals surface area contributed by atoms with Gasteiger partial charge in [0.25, 0.3) is 0 Å². The number of nitrogens with zero attached hydrogens (tertiary/aromatic N) is 2. The summed E-state index contributed by atoms with van der Waals surface area (Å²) in [6.45, 7) is 1.93. The number of pyridine rings is 1. The van der Waals surface area contributed by atoms with Crippen LogP contribution < -0.4 is 10.5 Å². The molecule has 3 aromatic heterocycles. The molecular weight excluding hydrogens is 394 g/mol. The molecule has 142 valence electrons. The fourth-order valence-corrected chi connectivity index (χ4v) is 4.49. The van der Waals surface area contributed by atoms with E-state index in [1.807, 2.05) is 72.2 Å². The van der Waals surface area contributed by atoms with Crippen LogP contribution in [0.4, 0.5) is 0 Å². The summed E-state index contributed by atoms with van der Waals surface area (Å²) in [6.07, 6.45) is 3.62. The molecule has 3 heterocycles. The highest BCUT2D eigenvalue weighted by atomic mass is 35.5. The van der Waals surface area contributed by atoms with Crippen LogP contribution in [0.5, 0.6) is 5.75 Å². The van der Waals surface area contributed by atoms with Gasteiger partial charge in [-0.05, 0) is 25.1 Å². The van der Waals surface area contributed by atoms with E-state index in [0.29, 0.717) is 10.8 Å². The normalized spacial score (nSPS) is 12.2. The molecule has 1 amide bonds. The van der Waals surface area contributed by atoms with Gasteiger partial charge in [0, 0.05) is 22.8 Å². The Balaban J connectivity index is 1.72. The maximum absolute atomic E-state index is 11.6. The number of hydrogen-bond donors (Lipinski definition) is 1. The summed E-state index contributed by atoms with van der Waals surface area (Å²) in [6, 6.07) is 15.3. The third kappa shape index (κ3) is 3.61. The number of benzene rings is 1. The van der Waals surface area contributed by atoms with Crippen molar-refractivity contribution < 1.29 is 9.53 Å². The van der Waals surface area contributed by atoms with E-state index in [0.717, 1.165) is 26.7 Å². The number of fused-ring (bicyclic) bond motifs is 1. The maximum Gasteiger partial charge on any atom is 0.222 e. The van der Waals surface area contributed by atoms with Crippen molar-refractivity contribution in [2.45, 2.75) is 19.4 Å². The molecule has 28 heavy (non-hydrogen) atoms. The molecule has 7 heteroatoms. The van der Waals surface area contributed by atoms with Crippen molar-refractivity contribution in [1.29, 1.82) is 0 Å². The molecule has 0 bridgehead atoms. The van der Waals surface area contributed by atoms with Crippen molar-refractivity contribution in [3.8, 4) is 16.3 Å². The molecule has 0 spiro atoms. The lowest BCUT2D eigenvalue weighted by molar-refractivity contribution is -0.117. The van der Waals surface area contributed by atoms with Crippen LogP contribution in [0.2, 0.25) is 5.02 Å². The van der Waals surface area contributed by atoms with Crippen LogP contribution in [-0.4, -0.2) is 15.3 Å². The second-order valence-corrected chi connectivity index (χ2v) is 7.94. The number of nitrogens with two attached hydrogens (primary N) is 1. The molecule has 0 aliphatic carbocycles. The summed E-state index contributed by atoms with van der Waals surface area (Å²) >= 11 is 7.78. The predicted molar refractivity (Wildman–Crippen MR) is 112 cm³/mol. The summed E-state index contributed by atoms with van der Waals surface area (Å²) in [5.74, 6) is 0.235. The molecule has 0 saturated heterocycles. The first kappa shape index (κ1) is 18.5. The molecule has 5 nitrogen and oxygen atoms in total. The average molecular weight is 412 g/mol. The quantitative estimate of drug-likeness (QED) is 0.491. The molecule has 1 atom stereocenters. The highest BCUT2D eigenvalue weighted by Crippen LogP contribution is 2.39. The standard InChI is InChI=1S/C21H18ClN3O2S/c1-13(14-6-2-3-7-15(14)22)27-17-10-18(28-19(17)11-20(23)26)16-12-24-21-8-4-5-9-25(16)21/h2-10,12-13H,11H2,1H3,(H2,23,26). The van der Waals surface area contributed by atoms with Crippen molar-refractivity contribution in [3.05, 3.63) is 76.4 Å². The predicted octanol–water partition coefficient (Wildman–Crippen LogP) is 4.88. The molecular formula is C21H18ClN3O2S. The van der Waals surface area contributed by atoms with E-state index in [1.54, 1.807) is 0 Å². The number of carbonyl (C=O) groups is 1. The van der Waals surface area contributed by atoms with Crippen LogP contribution in [-0.2, 0) is 11.2 Å². The fraction of sp³-hybridized carbons (Fsp3) is 0.143. The molecule has 0 fully saturated rings. The Kier molecular flexibility index (Phi) is 5.07. The van der Waals surface area contributed by atoms with Gasteiger partial charge in [0.2, 0.25) is 5.91 Å². The molecule has 1 aromatic carbocycles. The number of imidazole rings is 1. The monoisotopic (exact) mass is 411 g/mol. The van der Waals surface area contributed by atoms with Crippen LogP contribution >= 0.6 is 22.9 Å². The van der Waals surface area contributed by atoms with Gasteiger partial charge in [-0.3, -0.25) is 9.20 Å². The second kappa shape index (κ2) is 7.66. The Morgan fingerprint density at radius 2 is 2.07 bits per heavy atom. The Bertz CT molecular complexity index is 1150. The Morgan fingerprint density at radius 1 is 1.29 bits per heavy atom. The van der Waals surface area contributed by atoms with Gasteiger partial charge >= 0.3 is 0 Å². The molecule has 2 N–H and O–H groups in total. The molecule has 0 aliphatic heterocycles. The van der Waals surface area contributed by atoms with Crippen molar-refractivity contribution in [2.24, 2.45) is 5.73 Å². The smallest absolute Gasteiger partial charge is 0.222 e. The van der Waals surface area contributed by atoms with Gasteiger partial charge in [-0.1, -0.05) is 35.9 Å². The summed E-state index contributed by atoms with van der Waals surface area (Å²) in [7, 11) is 0. The van der Waals surface area contributed by atoms with Crippen LogP contribution in [0.1, 0.15) is 23.5 Å². The summed E-state index contributed by atoms with van der Waals surface area (Å²) in [4.78, 5) is 17.7. The Labute approximate surface area is 171 Å². The largest absolute Gasteiger partial charge is 0.485 e. The van der Waals surface area contributed by atoms with Crippen LogP contribution in [0.15, 0.2) is 60.9 Å². The number of carbonyl (C=O) groups excluding carboxylic acids is 1. The minimum atomic E-state index is -0.401.